The Hall–Kier alpha value is -1.39. The number of fused-ring (bicyclic) bond motifs is 1. The fourth-order valence-electron chi connectivity index (χ4n) is 1.41. The maximum atomic E-state index is 5.86. The van der Waals surface area contributed by atoms with E-state index in [0.717, 1.165) is 20.7 Å². The summed E-state index contributed by atoms with van der Waals surface area (Å²) in [5.41, 5.74) is 1.75. The van der Waals surface area contributed by atoms with Gasteiger partial charge in [0.2, 0.25) is 0 Å². The van der Waals surface area contributed by atoms with Gasteiger partial charge >= 0.3 is 0 Å². The van der Waals surface area contributed by atoms with Gasteiger partial charge in [-0.2, -0.15) is 0 Å². The molecule has 0 radical (unpaired) electrons. The zero-order valence-electron chi connectivity index (χ0n) is 7.59. The Morgan fingerprint density at radius 3 is 2.87 bits per heavy atom. The standard InChI is InChI=1S/C10H6ClN3S/c11-9-6-14-5-8(13-10(14)15-9)7-3-1-2-4-12-7/h1-6H. The van der Waals surface area contributed by atoms with Crippen LogP contribution in [0.1, 0.15) is 0 Å². The number of nitrogens with zero attached hydrogens (tertiary/aromatic N) is 3. The number of hydrogen-bond donors (Lipinski definition) is 0. The number of thiazole rings is 1. The average molecular weight is 236 g/mol. The quantitative estimate of drug-likeness (QED) is 0.649. The molecule has 0 aromatic carbocycles. The van der Waals surface area contributed by atoms with Crippen LogP contribution in [-0.4, -0.2) is 14.4 Å². The van der Waals surface area contributed by atoms with Crippen LogP contribution in [0.5, 0.6) is 0 Å². The van der Waals surface area contributed by atoms with E-state index < -0.39 is 0 Å². The van der Waals surface area contributed by atoms with Crippen molar-refractivity contribution >= 4 is 27.9 Å². The molecule has 0 saturated carbocycles. The topological polar surface area (TPSA) is 30.2 Å². The van der Waals surface area contributed by atoms with Crippen LogP contribution in [0, 0.1) is 0 Å². The highest BCUT2D eigenvalue weighted by Crippen LogP contribution is 2.25. The van der Waals surface area contributed by atoms with Crippen molar-refractivity contribution in [3.05, 3.63) is 41.1 Å². The first kappa shape index (κ1) is 8.88. The van der Waals surface area contributed by atoms with Crippen molar-refractivity contribution in [2.45, 2.75) is 0 Å². The summed E-state index contributed by atoms with van der Waals surface area (Å²) in [6.07, 6.45) is 5.54. The number of imidazole rings is 1. The van der Waals surface area contributed by atoms with Crippen molar-refractivity contribution in [3.8, 4) is 11.4 Å². The van der Waals surface area contributed by atoms with E-state index in [0.29, 0.717) is 0 Å². The lowest BCUT2D eigenvalue weighted by molar-refractivity contribution is 1.23. The SMILES string of the molecule is Clc1cn2cc(-c3ccccn3)nc2s1. The van der Waals surface area contributed by atoms with E-state index in [1.165, 1.54) is 11.3 Å². The molecule has 0 amide bonds. The minimum Gasteiger partial charge on any atom is -0.295 e. The smallest absolute Gasteiger partial charge is 0.195 e. The van der Waals surface area contributed by atoms with Crippen LogP contribution in [0.25, 0.3) is 16.3 Å². The van der Waals surface area contributed by atoms with Crippen molar-refractivity contribution < 1.29 is 0 Å². The van der Waals surface area contributed by atoms with Crippen LogP contribution in [-0.2, 0) is 0 Å². The molecule has 0 aliphatic rings. The Balaban J connectivity index is 2.16. The third kappa shape index (κ3) is 1.52. The summed E-state index contributed by atoms with van der Waals surface area (Å²) in [6, 6.07) is 5.77. The first-order valence-electron chi connectivity index (χ1n) is 4.38. The van der Waals surface area contributed by atoms with Crippen LogP contribution in [0.4, 0.5) is 0 Å². The van der Waals surface area contributed by atoms with Crippen molar-refractivity contribution in [3.63, 3.8) is 0 Å². The maximum Gasteiger partial charge on any atom is 0.195 e. The molecular weight excluding hydrogens is 230 g/mol. The van der Waals surface area contributed by atoms with Crippen LogP contribution in [0.15, 0.2) is 36.8 Å². The molecule has 3 aromatic heterocycles. The lowest BCUT2D eigenvalue weighted by atomic mass is 10.3. The fraction of sp³-hybridized carbons (Fsp3) is 0. The molecule has 3 rings (SSSR count). The number of hydrogen-bond acceptors (Lipinski definition) is 3. The molecule has 0 N–H and O–H groups in total. The van der Waals surface area contributed by atoms with Crippen LogP contribution < -0.4 is 0 Å². The monoisotopic (exact) mass is 235 g/mol. The minimum atomic E-state index is 0.741. The average Bonchev–Trinajstić information content (AvgIpc) is 2.76. The van der Waals surface area contributed by atoms with E-state index in [4.69, 9.17) is 11.6 Å². The van der Waals surface area contributed by atoms with E-state index in [2.05, 4.69) is 9.97 Å². The molecule has 0 saturated heterocycles. The summed E-state index contributed by atoms with van der Waals surface area (Å²) >= 11 is 7.32. The summed E-state index contributed by atoms with van der Waals surface area (Å²) in [5.74, 6) is 0. The third-order valence-electron chi connectivity index (χ3n) is 2.06. The van der Waals surface area contributed by atoms with Crippen molar-refractivity contribution in [2.24, 2.45) is 0 Å². The molecule has 3 aromatic rings. The van der Waals surface area contributed by atoms with Gasteiger partial charge in [0.25, 0.3) is 0 Å². The predicted octanol–water partition coefficient (Wildman–Crippen LogP) is 3.11. The van der Waals surface area contributed by atoms with E-state index in [1.54, 1.807) is 6.20 Å². The van der Waals surface area contributed by atoms with Crippen LogP contribution >= 0.6 is 22.9 Å². The Morgan fingerprint density at radius 2 is 2.13 bits per heavy atom. The Labute approximate surface area is 95.0 Å². The van der Waals surface area contributed by atoms with Gasteiger partial charge in [0, 0.05) is 18.6 Å². The van der Waals surface area contributed by atoms with Gasteiger partial charge in [-0.15, -0.1) is 0 Å². The van der Waals surface area contributed by atoms with Gasteiger partial charge in [-0.1, -0.05) is 29.0 Å². The van der Waals surface area contributed by atoms with Crippen molar-refractivity contribution in [2.75, 3.05) is 0 Å². The van der Waals surface area contributed by atoms with Crippen LogP contribution in [0.3, 0.4) is 0 Å². The summed E-state index contributed by atoms with van der Waals surface area (Å²) in [7, 11) is 0. The highest BCUT2D eigenvalue weighted by atomic mass is 35.5. The second kappa shape index (κ2) is 3.32. The number of pyridine rings is 1. The Bertz CT molecular complexity index is 568. The highest BCUT2D eigenvalue weighted by Gasteiger charge is 2.07. The molecule has 0 spiro atoms. The van der Waals surface area contributed by atoms with Gasteiger partial charge in [0.1, 0.15) is 10.0 Å². The van der Waals surface area contributed by atoms with Crippen LogP contribution in [0.2, 0.25) is 4.34 Å². The summed E-state index contributed by atoms with van der Waals surface area (Å²) < 4.78 is 2.65. The summed E-state index contributed by atoms with van der Waals surface area (Å²) in [4.78, 5) is 9.57. The molecule has 5 heteroatoms. The number of rotatable bonds is 1. The van der Waals surface area contributed by atoms with Gasteiger partial charge in [-0.25, -0.2) is 4.98 Å². The molecule has 3 heterocycles. The number of halogens is 1. The second-order valence-corrected chi connectivity index (χ2v) is 4.71. The van der Waals surface area contributed by atoms with Crippen molar-refractivity contribution in [1.29, 1.82) is 0 Å². The summed E-state index contributed by atoms with van der Waals surface area (Å²) in [5, 5.41) is 0. The zero-order valence-corrected chi connectivity index (χ0v) is 9.16. The van der Waals surface area contributed by atoms with E-state index in [-0.39, 0.29) is 0 Å². The van der Waals surface area contributed by atoms with Gasteiger partial charge in [0.05, 0.1) is 5.69 Å². The lowest BCUT2D eigenvalue weighted by Gasteiger charge is -1.91. The van der Waals surface area contributed by atoms with Gasteiger partial charge in [0.15, 0.2) is 4.96 Å². The molecule has 0 atom stereocenters. The summed E-state index contributed by atoms with van der Waals surface area (Å²) in [6.45, 7) is 0. The third-order valence-corrected chi connectivity index (χ3v) is 3.17. The first-order valence-corrected chi connectivity index (χ1v) is 5.58. The Kier molecular flexibility index (Phi) is 1.97. The molecule has 74 valence electrons. The molecular formula is C10H6ClN3S. The van der Waals surface area contributed by atoms with Gasteiger partial charge in [-0.3, -0.25) is 9.38 Å². The minimum absolute atomic E-state index is 0.741. The molecule has 15 heavy (non-hydrogen) atoms. The van der Waals surface area contributed by atoms with E-state index >= 15 is 0 Å². The largest absolute Gasteiger partial charge is 0.295 e. The predicted molar refractivity (Wildman–Crippen MR) is 61.3 cm³/mol. The lowest BCUT2D eigenvalue weighted by Crippen LogP contribution is -1.80. The Morgan fingerprint density at radius 1 is 1.20 bits per heavy atom. The normalized spacial score (nSPS) is 11.0. The van der Waals surface area contributed by atoms with E-state index in [9.17, 15) is 0 Å². The van der Waals surface area contributed by atoms with Crippen molar-refractivity contribution in [1.82, 2.24) is 14.4 Å². The molecule has 0 bridgehead atoms. The highest BCUT2D eigenvalue weighted by molar-refractivity contribution is 7.20. The molecule has 0 fully saturated rings. The molecule has 0 unspecified atom stereocenters. The first-order chi connectivity index (χ1) is 7.33. The molecule has 3 nitrogen and oxygen atoms in total. The fourth-order valence-corrected chi connectivity index (χ4v) is 2.41. The van der Waals surface area contributed by atoms with E-state index in [1.807, 2.05) is 35.0 Å². The number of aromatic nitrogens is 3. The van der Waals surface area contributed by atoms with Gasteiger partial charge in [-0.05, 0) is 12.1 Å². The van der Waals surface area contributed by atoms with Gasteiger partial charge < -0.3 is 0 Å². The molecule has 0 aliphatic carbocycles. The zero-order chi connectivity index (χ0) is 10.3. The maximum absolute atomic E-state index is 5.86. The second-order valence-electron chi connectivity index (χ2n) is 3.07. The molecule has 0 aliphatic heterocycles.